The molecule has 0 aromatic carbocycles. The molecule has 1 heterocycles. The van der Waals surface area contributed by atoms with Crippen LogP contribution in [0.2, 0.25) is 0 Å². The first-order chi connectivity index (χ1) is 9.65. The summed E-state index contributed by atoms with van der Waals surface area (Å²) >= 11 is 3.73. The van der Waals surface area contributed by atoms with Gasteiger partial charge >= 0.3 is 0 Å². The predicted molar refractivity (Wildman–Crippen MR) is 85.8 cm³/mol. The number of halogens is 1. The maximum Gasteiger partial charge on any atom is 0.0738 e. The molecule has 1 aromatic heterocycles. The fourth-order valence-corrected chi connectivity index (χ4v) is 4.09. The van der Waals surface area contributed by atoms with Gasteiger partial charge in [0.1, 0.15) is 0 Å². The Morgan fingerprint density at radius 3 is 2.55 bits per heavy atom. The summed E-state index contributed by atoms with van der Waals surface area (Å²) in [6, 6.07) is 0.815. The third-order valence-electron chi connectivity index (χ3n) is 5.03. The van der Waals surface area contributed by atoms with E-state index >= 15 is 0 Å². The summed E-state index contributed by atoms with van der Waals surface area (Å²) in [6.07, 6.45) is 9.61. The molecule has 0 aliphatic heterocycles. The van der Waals surface area contributed by atoms with E-state index in [0.717, 1.165) is 30.0 Å². The average molecular weight is 340 g/mol. The smallest absolute Gasteiger partial charge is 0.0738 e. The van der Waals surface area contributed by atoms with Gasteiger partial charge in [-0.05, 0) is 60.5 Å². The molecule has 0 radical (unpaired) electrons. The van der Waals surface area contributed by atoms with E-state index in [9.17, 15) is 0 Å². The number of nitrogens with one attached hydrogen (secondary N) is 1. The molecule has 1 unspecified atom stereocenters. The summed E-state index contributed by atoms with van der Waals surface area (Å²) in [7, 11) is 2.08. The van der Waals surface area contributed by atoms with Gasteiger partial charge in [0.05, 0.1) is 15.9 Å². The summed E-state index contributed by atoms with van der Waals surface area (Å²) in [5.41, 5.74) is 2.49. The topological polar surface area (TPSA) is 29.9 Å². The maximum absolute atomic E-state index is 4.55. The van der Waals surface area contributed by atoms with Gasteiger partial charge in [-0.3, -0.25) is 4.68 Å². The van der Waals surface area contributed by atoms with Crippen LogP contribution in [0.1, 0.15) is 49.9 Å². The van der Waals surface area contributed by atoms with Crippen LogP contribution in [0, 0.1) is 18.8 Å². The fourth-order valence-electron chi connectivity index (χ4n) is 3.59. The van der Waals surface area contributed by atoms with Crippen molar-refractivity contribution in [1.29, 1.82) is 0 Å². The van der Waals surface area contributed by atoms with Gasteiger partial charge in [0, 0.05) is 13.1 Å². The second-order valence-electron chi connectivity index (χ2n) is 6.66. The van der Waals surface area contributed by atoms with Crippen LogP contribution < -0.4 is 5.32 Å². The second-order valence-corrected chi connectivity index (χ2v) is 7.45. The molecule has 2 saturated carbocycles. The first-order valence-corrected chi connectivity index (χ1v) is 8.86. The van der Waals surface area contributed by atoms with Crippen molar-refractivity contribution in [3.63, 3.8) is 0 Å². The van der Waals surface area contributed by atoms with Crippen molar-refractivity contribution in [2.24, 2.45) is 18.9 Å². The number of aromatic nitrogens is 2. The van der Waals surface area contributed by atoms with E-state index in [-0.39, 0.29) is 0 Å². The number of aryl methyl sites for hydroxylation is 2. The molecule has 4 heteroatoms. The van der Waals surface area contributed by atoms with Gasteiger partial charge in [0.15, 0.2) is 0 Å². The van der Waals surface area contributed by atoms with Gasteiger partial charge < -0.3 is 5.32 Å². The third-order valence-corrected chi connectivity index (χ3v) is 6.06. The van der Waals surface area contributed by atoms with Crippen molar-refractivity contribution in [2.45, 2.75) is 57.9 Å². The lowest BCUT2D eigenvalue weighted by molar-refractivity contribution is 0.314. The Bertz CT molecular complexity index is 459. The third kappa shape index (κ3) is 3.28. The standard InChI is InChI=1S/C16H26BrN3/c1-11-16(17)15(20(2)19-11)9-13(10-18-14-7-8-14)12-5-3-4-6-12/h12-14,18H,3-10H2,1-2H3. The predicted octanol–water partition coefficient (Wildman–Crippen LogP) is 3.59. The minimum absolute atomic E-state index is 0.768. The molecule has 1 N–H and O–H groups in total. The van der Waals surface area contributed by atoms with Crippen LogP contribution in [0.4, 0.5) is 0 Å². The van der Waals surface area contributed by atoms with Crippen LogP contribution in [0.3, 0.4) is 0 Å². The Hall–Kier alpha value is -0.350. The zero-order chi connectivity index (χ0) is 14.1. The molecule has 1 aromatic rings. The molecule has 112 valence electrons. The SMILES string of the molecule is Cc1nn(C)c(CC(CNC2CC2)C2CCCC2)c1Br. The molecule has 1 atom stereocenters. The Balaban J connectivity index is 1.70. The molecule has 2 aliphatic carbocycles. The van der Waals surface area contributed by atoms with Gasteiger partial charge in [0.25, 0.3) is 0 Å². The highest BCUT2D eigenvalue weighted by atomic mass is 79.9. The Kier molecular flexibility index (Phi) is 4.51. The zero-order valence-electron chi connectivity index (χ0n) is 12.7. The van der Waals surface area contributed by atoms with E-state index in [2.05, 4.69) is 45.0 Å². The van der Waals surface area contributed by atoms with E-state index in [1.54, 1.807) is 0 Å². The normalized spacial score (nSPS) is 21.6. The number of hydrogen-bond acceptors (Lipinski definition) is 2. The Morgan fingerprint density at radius 1 is 1.30 bits per heavy atom. The molecule has 0 spiro atoms. The molecule has 2 fully saturated rings. The monoisotopic (exact) mass is 339 g/mol. The summed E-state index contributed by atoms with van der Waals surface area (Å²) in [5.74, 6) is 1.67. The molecule has 0 saturated heterocycles. The zero-order valence-corrected chi connectivity index (χ0v) is 14.2. The molecule has 3 nitrogen and oxygen atoms in total. The fraction of sp³-hybridized carbons (Fsp3) is 0.812. The minimum Gasteiger partial charge on any atom is -0.314 e. The van der Waals surface area contributed by atoms with Crippen LogP contribution in [-0.4, -0.2) is 22.4 Å². The van der Waals surface area contributed by atoms with Crippen molar-refractivity contribution in [1.82, 2.24) is 15.1 Å². The highest BCUT2D eigenvalue weighted by Gasteiger charge is 2.29. The first-order valence-electron chi connectivity index (χ1n) is 8.06. The lowest BCUT2D eigenvalue weighted by Gasteiger charge is -2.24. The average Bonchev–Trinajstić information content (AvgIpc) is 3.03. The van der Waals surface area contributed by atoms with Crippen molar-refractivity contribution in [3.8, 4) is 0 Å². The van der Waals surface area contributed by atoms with Crippen LogP contribution >= 0.6 is 15.9 Å². The maximum atomic E-state index is 4.55. The summed E-state index contributed by atoms with van der Waals surface area (Å²) in [6.45, 7) is 3.27. The van der Waals surface area contributed by atoms with Crippen molar-refractivity contribution >= 4 is 15.9 Å². The van der Waals surface area contributed by atoms with E-state index in [4.69, 9.17) is 0 Å². The summed E-state index contributed by atoms with van der Waals surface area (Å²) in [5, 5.41) is 8.30. The van der Waals surface area contributed by atoms with Gasteiger partial charge in [-0.25, -0.2) is 0 Å². The van der Waals surface area contributed by atoms with Gasteiger partial charge in [-0.2, -0.15) is 5.10 Å². The van der Waals surface area contributed by atoms with Crippen LogP contribution in [0.15, 0.2) is 4.47 Å². The van der Waals surface area contributed by atoms with E-state index in [1.165, 1.54) is 55.2 Å². The number of rotatable bonds is 6. The van der Waals surface area contributed by atoms with Crippen LogP contribution in [0.5, 0.6) is 0 Å². The molecule has 0 amide bonds. The van der Waals surface area contributed by atoms with Crippen LogP contribution in [-0.2, 0) is 13.5 Å². The highest BCUT2D eigenvalue weighted by molar-refractivity contribution is 9.10. The Labute approximate surface area is 130 Å². The van der Waals surface area contributed by atoms with E-state index < -0.39 is 0 Å². The first kappa shape index (κ1) is 14.6. The largest absolute Gasteiger partial charge is 0.314 e. The number of nitrogens with zero attached hydrogens (tertiary/aromatic N) is 2. The molecular formula is C16H26BrN3. The summed E-state index contributed by atoms with van der Waals surface area (Å²) in [4.78, 5) is 0. The van der Waals surface area contributed by atoms with Gasteiger partial charge in [0.2, 0.25) is 0 Å². The Morgan fingerprint density at radius 2 is 2.00 bits per heavy atom. The second kappa shape index (κ2) is 6.18. The molecule has 2 aliphatic rings. The summed E-state index contributed by atoms with van der Waals surface area (Å²) < 4.78 is 3.29. The highest BCUT2D eigenvalue weighted by Crippen LogP contribution is 2.35. The van der Waals surface area contributed by atoms with Gasteiger partial charge in [-0.15, -0.1) is 0 Å². The van der Waals surface area contributed by atoms with Crippen molar-refractivity contribution in [2.75, 3.05) is 6.54 Å². The van der Waals surface area contributed by atoms with E-state index in [0.29, 0.717) is 0 Å². The molecular weight excluding hydrogens is 314 g/mol. The van der Waals surface area contributed by atoms with Crippen LogP contribution in [0.25, 0.3) is 0 Å². The quantitative estimate of drug-likeness (QED) is 0.858. The molecule has 0 bridgehead atoms. The lowest BCUT2D eigenvalue weighted by atomic mass is 9.87. The molecule has 20 heavy (non-hydrogen) atoms. The lowest BCUT2D eigenvalue weighted by Crippen LogP contribution is -2.31. The van der Waals surface area contributed by atoms with Gasteiger partial charge in [-0.1, -0.05) is 25.7 Å². The minimum atomic E-state index is 0.768. The van der Waals surface area contributed by atoms with Crippen molar-refractivity contribution < 1.29 is 0 Å². The van der Waals surface area contributed by atoms with Crippen molar-refractivity contribution in [3.05, 3.63) is 15.9 Å². The van der Waals surface area contributed by atoms with E-state index in [1.807, 2.05) is 0 Å². The number of hydrogen-bond donors (Lipinski definition) is 1. The molecule has 3 rings (SSSR count).